The van der Waals surface area contributed by atoms with Crippen molar-refractivity contribution in [3.63, 3.8) is 0 Å². The third kappa shape index (κ3) is 4.52. The lowest BCUT2D eigenvalue weighted by Gasteiger charge is -2.42. The Labute approximate surface area is 191 Å². The molecular formula is C21H26N2O9S. The van der Waals surface area contributed by atoms with Crippen LogP contribution < -0.4 is 5.32 Å². The number of carbonyl (C=O) groups excluding carboxylic acids is 4. The van der Waals surface area contributed by atoms with Crippen molar-refractivity contribution in [2.45, 2.75) is 62.6 Å². The number of hydrogen-bond donors (Lipinski definition) is 1. The Bertz CT molecular complexity index is 1050. The average Bonchev–Trinajstić information content (AvgIpc) is 2.89. The van der Waals surface area contributed by atoms with Crippen LogP contribution in [-0.4, -0.2) is 72.2 Å². The van der Waals surface area contributed by atoms with Gasteiger partial charge >= 0.3 is 18.0 Å². The number of benzene rings is 1. The van der Waals surface area contributed by atoms with Gasteiger partial charge in [0.05, 0.1) is 0 Å². The molecule has 2 aliphatic heterocycles. The first-order chi connectivity index (χ1) is 15.4. The van der Waals surface area contributed by atoms with Crippen molar-refractivity contribution in [1.29, 1.82) is 0 Å². The van der Waals surface area contributed by atoms with Gasteiger partial charge in [-0.25, -0.2) is 18.0 Å². The van der Waals surface area contributed by atoms with E-state index in [2.05, 4.69) is 5.32 Å². The van der Waals surface area contributed by atoms with Crippen LogP contribution in [0.3, 0.4) is 0 Å². The van der Waals surface area contributed by atoms with Gasteiger partial charge in [0, 0.05) is 6.92 Å². The highest BCUT2D eigenvalue weighted by Crippen LogP contribution is 2.46. The number of sulfone groups is 1. The van der Waals surface area contributed by atoms with Gasteiger partial charge in [0.25, 0.3) is 0 Å². The summed E-state index contributed by atoms with van der Waals surface area (Å²) in [4.78, 5) is 49.6. The Morgan fingerprint density at radius 3 is 2.39 bits per heavy atom. The zero-order valence-corrected chi connectivity index (χ0v) is 19.5. The second-order valence-electron chi connectivity index (χ2n) is 8.42. The molecule has 0 aliphatic carbocycles. The molecule has 3 rings (SSSR count). The highest BCUT2D eigenvalue weighted by atomic mass is 32.2. The van der Waals surface area contributed by atoms with Crippen molar-refractivity contribution in [3.8, 4) is 0 Å². The second kappa shape index (κ2) is 9.00. The molecule has 2 fully saturated rings. The first kappa shape index (κ1) is 24.5. The lowest BCUT2D eigenvalue weighted by molar-refractivity contribution is -0.169. The van der Waals surface area contributed by atoms with Crippen LogP contribution in [0.1, 0.15) is 33.3 Å². The Morgan fingerprint density at radius 1 is 1.15 bits per heavy atom. The summed E-state index contributed by atoms with van der Waals surface area (Å²) in [5.41, 5.74) is 0.717. The maximum Gasteiger partial charge on any atom is 0.408 e. The normalized spacial score (nSPS) is 25.3. The van der Waals surface area contributed by atoms with E-state index in [1.807, 2.05) is 0 Å². The van der Waals surface area contributed by atoms with Crippen LogP contribution in [0.5, 0.6) is 0 Å². The van der Waals surface area contributed by atoms with Gasteiger partial charge in [0.15, 0.2) is 15.2 Å². The average molecular weight is 483 g/mol. The Hall–Kier alpha value is -3.15. The van der Waals surface area contributed by atoms with Gasteiger partial charge in [-0.05, 0) is 26.3 Å². The summed E-state index contributed by atoms with van der Waals surface area (Å²) in [6.45, 7) is 5.04. The van der Waals surface area contributed by atoms with Crippen LogP contribution in [0.25, 0.3) is 0 Å². The number of nitrogens with one attached hydrogen (secondary N) is 1. The van der Waals surface area contributed by atoms with Gasteiger partial charge in [-0.3, -0.25) is 9.59 Å². The Kier molecular flexibility index (Phi) is 6.68. The summed E-state index contributed by atoms with van der Waals surface area (Å²) in [6, 6.07) is 6.02. The van der Waals surface area contributed by atoms with E-state index < -0.39 is 62.1 Å². The highest BCUT2D eigenvalue weighted by molar-refractivity contribution is 7.94. The second-order valence-corrected chi connectivity index (χ2v) is 11.0. The van der Waals surface area contributed by atoms with Crippen molar-refractivity contribution < 1.29 is 41.8 Å². The molecule has 2 saturated heterocycles. The summed E-state index contributed by atoms with van der Waals surface area (Å²) in [6.07, 6.45) is -1.80. The van der Waals surface area contributed by atoms with Crippen molar-refractivity contribution >= 4 is 33.8 Å². The predicted octanol–water partition coefficient (Wildman–Crippen LogP) is 0.520. The molecule has 1 unspecified atom stereocenters. The van der Waals surface area contributed by atoms with E-state index in [9.17, 15) is 27.6 Å². The minimum Gasteiger partial charge on any atom is -0.462 e. The number of ether oxygens (including phenoxy) is 3. The van der Waals surface area contributed by atoms with Crippen molar-refractivity contribution in [3.05, 3.63) is 35.9 Å². The molecule has 2 amide bonds. The van der Waals surface area contributed by atoms with E-state index in [1.165, 1.54) is 27.7 Å². The summed E-state index contributed by atoms with van der Waals surface area (Å²) < 4.78 is 39.7. The number of rotatable bonds is 7. The molecule has 12 heteroatoms. The summed E-state index contributed by atoms with van der Waals surface area (Å²) in [7, 11) is -4.07. The van der Waals surface area contributed by atoms with Crippen LogP contribution in [0.15, 0.2) is 30.3 Å². The van der Waals surface area contributed by atoms with Gasteiger partial charge in [0.2, 0.25) is 5.91 Å². The van der Waals surface area contributed by atoms with Crippen LogP contribution in [-0.2, 0) is 45.0 Å². The molecule has 1 aromatic rings. The van der Waals surface area contributed by atoms with Crippen molar-refractivity contribution in [1.82, 2.24) is 10.2 Å². The minimum atomic E-state index is -4.07. The summed E-state index contributed by atoms with van der Waals surface area (Å²) in [5.74, 6) is -2.24. The maximum absolute atomic E-state index is 13.1. The number of fused-ring (bicyclic) bond motifs is 1. The highest BCUT2D eigenvalue weighted by Gasteiger charge is 2.73. The molecule has 0 spiro atoms. The molecular weight excluding hydrogens is 456 g/mol. The predicted molar refractivity (Wildman–Crippen MR) is 113 cm³/mol. The topological polar surface area (TPSA) is 145 Å². The van der Waals surface area contributed by atoms with Gasteiger partial charge in [-0.15, -0.1) is 0 Å². The number of amides is 2. The van der Waals surface area contributed by atoms with Crippen LogP contribution >= 0.6 is 0 Å². The number of carbonyl (C=O) groups is 4. The summed E-state index contributed by atoms with van der Waals surface area (Å²) in [5, 5.41) is 0.868. The van der Waals surface area contributed by atoms with Crippen LogP contribution in [0.4, 0.5) is 4.79 Å². The fourth-order valence-corrected chi connectivity index (χ4v) is 6.06. The number of β-lactam (4-membered cyclic amide) rings is 1. The van der Waals surface area contributed by atoms with E-state index in [0.717, 1.165) is 10.5 Å². The lowest BCUT2D eigenvalue weighted by atomic mass is 9.96. The fourth-order valence-electron chi connectivity index (χ4n) is 3.84. The molecule has 2 heterocycles. The standard InChI is InChI=1S/C21H26N2O9S/c1-12(10-30-13(2)24)32-19(26)16-21(3,4)33(28,29)18-15(17(25)23(16)18)22-20(27)31-11-14-8-6-5-7-9-14/h5-9,12,15-16,18H,10-11H2,1-4H3,(H,22,27)/t12?,15-,16+,18-/m1/s1. The van der Waals surface area contributed by atoms with E-state index >= 15 is 0 Å². The number of nitrogens with zero attached hydrogens (tertiary/aromatic N) is 1. The molecule has 1 aromatic carbocycles. The van der Waals surface area contributed by atoms with Crippen molar-refractivity contribution in [2.75, 3.05) is 6.61 Å². The van der Waals surface area contributed by atoms with Gasteiger partial charge < -0.3 is 24.4 Å². The van der Waals surface area contributed by atoms with E-state index in [0.29, 0.717) is 0 Å². The molecule has 4 atom stereocenters. The number of hydrogen-bond acceptors (Lipinski definition) is 9. The largest absolute Gasteiger partial charge is 0.462 e. The minimum absolute atomic E-state index is 0.0601. The molecule has 180 valence electrons. The molecule has 0 aromatic heterocycles. The third-order valence-corrected chi connectivity index (χ3v) is 8.44. The van der Waals surface area contributed by atoms with Gasteiger partial charge in [-0.1, -0.05) is 30.3 Å². The van der Waals surface area contributed by atoms with Gasteiger partial charge in [-0.2, -0.15) is 0 Å². The van der Waals surface area contributed by atoms with E-state index in [4.69, 9.17) is 14.2 Å². The maximum atomic E-state index is 13.1. The number of esters is 2. The van der Waals surface area contributed by atoms with Gasteiger partial charge in [0.1, 0.15) is 36.1 Å². The van der Waals surface area contributed by atoms with E-state index in [-0.39, 0.29) is 13.2 Å². The van der Waals surface area contributed by atoms with Crippen LogP contribution in [0.2, 0.25) is 0 Å². The smallest absolute Gasteiger partial charge is 0.408 e. The third-order valence-electron chi connectivity index (χ3n) is 5.62. The lowest BCUT2D eigenvalue weighted by Crippen LogP contribution is -2.72. The molecule has 33 heavy (non-hydrogen) atoms. The Morgan fingerprint density at radius 2 is 1.79 bits per heavy atom. The molecule has 2 aliphatic rings. The first-order valence-corrected chi connectivity index (χ1v) is 11.8. The fraction of sp³-hybridized carbons (Fsp3) is 0.524. The zero-order chi connectivity index (χ0) is 24.6. The molecule has 11 nitrogen and oxygen atoms in total. The monoisotopic (exact) mass is 482 g/mol. The van der Waals surface area contributed by atoms with Crippen LogP contribution in [0, 0.1) is 0 Å². The quantitative estimate of drug-likeness (QED) is 0.334. The van der Waals surface area contributed by atoms with Crippen molar-refractivity contribution in [2.24, 2.45) is 0 Å². The molecule has 0 bridgehead atoms. The summed E-state index contributed by atoms with van der Waals surface area (Å²) >= 11 is 0. The first-order valence-electron chi connectivity index (χ1n) is 10.2. The SMILES string of the molecule is CC(=O)OCC(C)OC(=O)[C@@H]1N2C(=O)[C@@H](NC(=O)OCc3ccccc3)[C@H]2S(=O)(=O)C1(C)C. The number of alkyl carbamates (subject to hydrolysis) is 1. The molecule has 0 radical (unpaired) electrons. The zero-order valence-electron chi connectivity index (χ0n) is 18.6. The van der Waals surface area contributed by atoms with E-state index in [1.54, 1.807) is 30.3 Å². The molecule has 1 N–H and O–H groups in total. The molecule has 0 saturated carbocycles. The Balaban J connectivity index is 1.69.